The van der Waals surface area contributed by atoms with Gasteiger partial charge in [-0.1, -0.05) is 0 Å². The second-order valence-electron chi connectivity index (χ2n) is 2.50. The maximum atomic E-state index is 10.3. The Balaban J connectivity index is 2.89. The highest BCUT2D eigenvalue weighted by molar-refractivity contribution is 5.66. The maximum Gasteiger partial charge on any atom is 0.305 e. The van der Waals surface area contributed by atoms with Crippen LogP contribution in [0, 0.1) is 22.7 Å². The first kappa shape index (κ1) is 9.75. The van der Waals surface area contributed by atoms with E-state index in [1.807, 2.05) is 0 Å². The Morgan fingerprint density at radius 1 is 1.57 bits per heavy atom. The van der Waals surface area contributed by atoms with Crippen LogP contribution in [0.2, 0.25) is 0 Å². The van der Waals surface area contributed by atoms with Gasteiger partial charge in [-0.2, -0.15) is 10.5 Å². The molecule has 14 heavy (non-hydrogen) atoms. The fourth-order valence-corrected chi connectivity index (χ4v) is 0.967. The van der Waals surface area contributed by atoms with E-state index in [-0.39, 0.29) is 24.4 Å². The highest BCUT2D eigenvalue weighted by atomic mass is 16.4. The number of carboxylic acid groups (broad SMARTS) is 1. The first-order valence-electron chi connectivity index (χ1n) is 3.76. The molecule has 0 aliphatic rings. The van der Waals surface area contributed by atoms with E-state index in [2.05, 4.69) is 4.98 Å². The van der Waals surface area contributed by atoms with Gasteiger partial charge in [-0.15, -0.1) is 0 Å². The molecular formula is C8H6N4O2. The summed E-state index contributed by atoms with van der Waals surface area (Å²) in [5, 5.41) is 25.6. The molecule has 6 nitrogen and oxygen atoms in total. The van der Waals surface area contributed by atoms with Gasteiger partial charge in [-0.05, 0) is 0 Å². The number of aromatic nitrogens is 2. The van der Waals surface area contributed by atoms with E-state index in [1.54, 1.807) is 12.1 Å². The van der Waals surface area contributed by atoms with Crippen LogP contribution in [0.1, 0.15) is 17.8 Å². The lowest BCUT2D eigenvalue weighted by molar-refractivity contribution is -0.137. The largest absolute Gasteiger partial charge is 0.481 e. The summed E-state index contributed by atoms with van der Waals surface area (Å²) in [7, 11) is 0. The number of hydrogen-bond donors (Lipinski definition) is 1. The van der Waals surface area contributed by atoms with Crippen molar-refractivity contribution in [1.29, 1.82) is 10.5 Å². The van der Waals surface area contributed by atoms with Crippen LogP contribution in [0.3, 0.4) is 0 Å². The van der Waals surface area contributed by atoms with Crippen molar-refractivity contribution in [2.75, 3.05) is 0 Å². The van der Waals surface area contributed by atoms with Gasteiger partial charge in [0.05, 0.1) is 12.7 Å². The summed E-state index contributed by atoms with van der Waals surface area (Å²) >= 11 is 0. The first-order chi connectivity index (χ1) is 6.69. The minimum atomic E-state index is -0.957. The number of nitriles is 2. The zero-order valence-corrected chi connectivity index (χ0v) is 7.14. The number of nitrogens with zero attached hydrogens (tertiary/aromatic N) is 4. The molecule has 1 aromatic rings. The van der Waals surface area contributed by atoms with Crippen molar-refractivity contribution in [3.8, 4) is 12.1 Å². The normalized spacial score (nSPS) is 9.00. The van der Waals surface area contributed by atoms with Crippen molar-refractivity contribution in [1.82, 2.24) is 9.55 Å². The molecule has 0 radical (unpaired) electrons. The Labute approximate surface area is 79.6 Å². The predicted molar refractivity (Wildman–Crippen MR) is 43.9 cm³/mol. The zero-order chi connectivity index (χ0) is 10.6. The summed E-state index contributed by atoms with van der Waals surface area (Å²) in [6.07, 6.45) is 1.19. The number of carboxylic acids is 1. The molecule has 0 saturated heterocycles. The van der Waals surface area contributed by atoms with Gasteiger partial charge in [0, 0.05) is 6.54 Å². The van der Waals surface area contributed by atoms with E-state index in [1.165, 1.54) is 10.9 Å². The molecule has 1 N–H and O–H groups in total. The summed E-state index contributed by atoms with van der Waals surface area (Å²) in [5.41, 5.74) is 0.131. The van der Waals surface area contributed by atoms with E-state index in [0.717, 1.165) is 0 Å². The van der Waals surface area contributed by atoms with Gasteiger partial charge in [-0.25, -0.2) is 4.98 Å². The molecule has 0 bridgehead atoms. The first-order valence-corrected chi connectivity index (χ1v) is 3.76. The number of aryl methyl sites for hydroxylation is 1. The van der Waals surface area contributed by atoms with Crippen LogP contribution >= 0.6 is 0 Å². The molecule has 0 saturated carbocycles. The average molecular weight is 190 g/mol. The summed E-state index contributed by atoms with van der Waals surface area (Å²) < 4.78 is 1.35. The smallest absolute Gasteiger partial charge is 0.305 e. The summed E-state index contributed by atoms with van der Waals surface area (Å²) in [6.45, 7) is 0.146. The number of imidazole rings is 1. The van der Waals surface area contributed by atoms with E-state index >= 15 is 0 Å². The maximum absolute atomic E-state index is 10.3. The predicted octanol–water partition coefficient (Wildman–Crippen LogP) is 0.101. The molecule has 0 amide bonds. The van der Waals surface area contributed by atoms with Crippen LogP contribution in [0.15, 0.2) is 6.33 Å². The van der Waals surface area contributed by atoms with Crippen LogP contribution in [0.5, 0.6) is 0 Å². The van der Waals surface area contributed by atoms with Gasteiger partial charge in [-0.3, -0.25) is 4.79 Å². The van der Waals surface area contributed by atoms with Crippen LogP contribution in [-0.2, 0) is 11.3 Å². The van der Waals surface area contributed by atoms with Crippen LogP contribution in [0.25, 0.3) is 0 Å². The summed E-state index contributed by atoms with van der Waals surface area (Å²) in [4.78, 5) is 13.9. The fourth-order valence-electron chi connectivity index (χ4n) is 0.967. The molecule has 0 aliphatic carbocycles. The summed E-state index contributed by atoms with van der Waals surface area (Å²) in [5.74, 6) is -0.957. The van der Waals surface area contributed by atoms with Gasteiger partial charge in [0.15, 0.2) is 11.4 Å². The van der Waals surface area contributed by atoms with Crippen LogP contribution in [0.4, 0.5) is 0 Å². The number of hydrogen-bond acceptors (Lipinski definition) is 4. The lowest BCUT2D eigenvalue weighted by atomic mass is 10.3. The minimum absolute atomic E-state index is 0.0258. The highest BCUT2D eigenvalue weighted by Gasteiger charge is 2.10. The molecule has 0 fully saturated rings. The molecule has 0 spiro atoms. The monoisotopic (exact) mass is 190 g/mol. The van der Waals surface area contributed by atoms with Gasteiger partial charge in [0.25, 0.3) is 0 Å². The minimum Gasteiger partial charge on any atom is -0.481 e. The second kappa shape index (κ2) is 4.06. The van der Waals surface area contributed by atoms with Crippen molar-refractivity contribution in [3.05, 3.63) is 17.7 Å². The Kier molecular flexibility index (Phi) is 2.82. The number of rotatable bonds is 3. The molecular weight excluding hydrogens is 184 g/mol. The third-order valence-corrected chi connectivity index (χ3v) is 1.62. The standard InChI is InChI=1S/C8H6N4O2/c9-3-6-7(4-10)12(5-11-6)2-1-8(13)14/h5H,1-2H2,(H,13,14). The lowest BCUT2D eigenvalue weighted by Gasteiger charge is -1.99. The molecule has 1 rings (SSSR count). The molecule has 0 aliphatic heterocycles. The third-order valence-electron chi connectivity index (χ3n) is 1.62. The highest BCUT2D eigenvalue weighted by Crippen LogP contribution is 2.05. The molecule has 0 atom stereocenters. The van der Waals surface area contributed by atoms with Crippen molar-refractivity contribution in [3.63, 3.8) is 0 Å². The molecule has 0 unspecified atom stereocenters. The average Bonchev–Trinajstić information content (AvgIpc) is 2.56. The molecule has 0 aromatic carbocycles. The van der Waals surface area contributed by atoms with Gasteiger partial charge in [0.2, 0.25) is 0 Å². The van der Waals surface area contributed by atoms with Crippen LogP contribution < -0.4 is 0 Å². The quantitative estimate of drug-likeness (QED) is 0.728. The Morgan fingerprint density at radius 3 is 2.79 bits per heavy atom. The van der Waals surface area contributed by atoms with Crippen molar-refractivity contribution >= 4 is 5.97 Å². The number of carbonyl (C=O) groups is 1. The second-order valence-corrected chi connectivity index (χ2v) is 2.50. The van der Waals surface area contributed by atoms with Crippen molar-refractivity contribution in [2.45, 2.75) is 13.0 Å². The fraction of sp³-hybridized carbons (Fsp3) is 0.250. The lowest BCUT2D eigenvalue weighted by Crippen LogP contribution is -2.05. The van der Waals surface area contributed by atoms with E-state index in [4.69, 9.17) is 15.6 Å². The third kappa shape index (κ3) is 1.87. The van der Waals surface area contributed by atoms with E-state index in [9.17, 15) is 4.79 Å². The van der Waals surface area contributed by atoms with Gasteiger partial charge >= 0.3 is 5.97 Å². The molecule has 1 heterocycles. The Bertz CT molecular complexity index is 435. The topological polar surface area (TPSA) is 103 Å². The van der Waals surface area contributed by atoms with Gasteiger partial charge in [0.1, 0.15) is 12.1 Å². The molecule has 6 heteroatoms. The number of aliphatic carboxylic acids is 1. The van der Waals surface area contributed by atoms with Crippen molar-refractivity contribution < 1.29 is 9.90 Å². The van der Waals surface area contributed by atoms with Crippen LogP contribution in [-0.4, -0.2) is 20.6 Å². The van der Waals surface area contributed by atoms with E-state index in [0.29, 0.717) is 0 Å². The molecule has 1 aromatic heterocycles. The van der Waals surface area contributed by atoms with Crippen molar-refractivity contribution in [2.24, 2.45) is 0 Å². The van der Waals surface area contributed by atoms with Gasteiger partial charge < -0.3 is 9.67 Å². The zero-order valence-electron chi connectivity index (χ0n) is 7.14. The molecule has 70 valence electrons. The SMILES string of the molecule is N#Cc1ncn(CCC(=O)O)c1C#N. The van der Waals surface area contributed by atoms with E-state index < -0.39 is 5.97 Å². The Hall–Kier alpha value is -2.34. The summed E-state index contributed by atoms with van der Waals surface area (Å²) in [6, 6.07) is 3.56. The Morgan fingerprint density at radius 2 is 2.29 bits per heavy atom.